The van der Waals surface area contributed by atoms with E-state index < -0.39 is 33.0 Å². The van der Waals surface area contributed by atoms with Crippen LogP contribution in [0.2, 0.25) is 18.1 Å². The molecule has 2 aliphatic rings. The molecule has 4 heteroatoms. The second-order valence-corrected chi connectivity index (χ2v) is 17.0. The van der Waals surface area contributed by atoms with Crippen LogP contribution >= 0.6 is 0 Å². The summed E-state index contributed by atoms with van der Waals surface area (Å²) < 4.78 is 53.0. The van der Waals surface area contributed by atoms with Crippen LogP contribution in [0.4, 0.5) is 0 Å². The van der Waals surface area contributed by atoms with E-state index in [9.17, 15) is 9.90 Å². The van der Waals surface area contributed by atoms with E-state index in [0.717, 1.165) is 38.4 Å². The summed E-state index contributed by atoms with van der Waals surface area (Å²) in [6.45, 7) is 9.82. The summed E-state index contributed by atoms with van der Waals surface area (Å²) in [5.74, 6) is 0.665. The van der Waals surface area contributed by atoms with Gasteiger partial charge in [-0.05, 0) is 93.0 Å². The standard InChI is InChI=1S/C26H50O3Si/c1-23(2,3)30(8,9)29-21-12-10-17-26(7)20(21)13-14-22(26)25(6,18-19-27)16-11-15-24(4,5)28/h19-22,28H,10-18H2,1-9H3/t20-,21-,22+,25-,26-/m0/s1/i4D3,5D3. The van der Waals surface area contributed by atoms with Crippen molar-refractivity contribution in [2.45, 2.75) is 136 Å². The third-order valence-electron chi connectivity index (χ3n) is 8.99. The molecule has 0 heterocycles. The first-order valence-electron chi connectivity index (χ1n) is 14.9. The highest BCUT2D eigenvalue weighted by atomic mass is 28.4. The molecule has 0 bridgehead atoms. The zero-order valence-corrected chi connectivity index (χ0v) is 21.4. The summed E-state index contributed by atoms with van der Waals surface area (Å²) in [6, 6.07) is 0. The van der Waals surface area contributed by atoms with Crippen molar-refractivity contribution in [3.63, 3.8) is 0 Å². The molecule has 30 heavy (non-hydrogen) atoms. The molecule has 2 aliphatic carbocycles. The maximum Gasteiger partial charge on any atom is 0.192 e. The minimum Gasteiger partial charge on any atom is -0.414 e. The molecule has 0 aromatic heterocycles. The predicted octanol–water partition coefficient (Wildman–Crippen LogP) is 7.13. The average Bonchev–Trinajstić information content (AvgIpc) is 3.04. The number of carbonyl (C=O) groups excluding carboxylic acids is 1. The van der Waals surface area contributed by atoms with Gasteiger partial charge in [-0.3, -0.25) is 0 Å². The average molecular weight is 445 g/mol. The topological polar surface area (TPSA) is 46.5 Å². The third kappa shape index (κ3) is 5.59. The molecule has 0 aromatic rings. The van der Waals surface area contributed by atoms with Crippen molar-refractivity contribution < 1.29 is 22.6 Å². The summed E-state index contributed by atoms with van der Waals surface area (Å²) >= 11 is 0. The van der Waals surface area contributed by atoms with Crippen molar-refractivity contribution in [2.75, 3.05) is 0 Å². The SMILES string of the molecule is [2H]C([2H])([2H])C(O)(CCC[C@@](C)(CC=O)[C@H]1CC[C@H]2[C@@H](O[Si](C)(C)C(C)(C)C)CCC[C@]12C)C([2H])([2H])[2H]. The van der Waals surface area contributed by atoms with Gasteiger partial charge in [-0.1, -0.05) is 47.5 Å². The summed E-state index contributed by atoms with van der Waals surface area (Å²) in [6.07, 6.45) is 7.13. The molecule has 0 aliphatic heterocycles. The fraction of sp³-hybridized carbons (Fsp3) is 0.962. The van der Waals surface area contributed by atoms with Gasteiger partial charge in [0.05, 0.1) is 5.60 Å². The van der Waals surface area contributed by atoms with Gasteiger partial charge in [0.2, 0.25) is 0 Å². The first-order valence-corrected chi connectivity index (χ1v) is 14.8. The maximum atomic E-state index is 11.8. The predicted molar refractivity (Wildman–Crippen MR) is 129 cm³/mol. The molecule has 2 saturated carbocycles. The van der Waals surface area contributed by atoms with Crippen molar-refractivity contribution in [3.8, 4) is 0 Å². The van der Waals surface area contributed by atoms with E-state index in [2.05, 4.69) is 47.7 Å². The Labute approximate surface area is 196 Å². The van der Waals surface area contributed by atoms with E-state index in [1.165, 1.54) is 0 Å². The molecule has 5 atom stereocenters. The van der Waals surface area contributed by atoms with E-state index in [1.54, 1.807) is 0 Å². The molecule has 2 rings (SSSR count). The van der Waals surface area contributed by atoms with Gasteiger partial charge in [0, 0.05) is 20.7 Å². The molecule has 0 saturated heterocycles. The molecule has 0 amide bonds. The Morgan fingerprint density at radius 1 is 1.17 bits per heavy atom. The molecule has 0 spiro atoms. The number of aldehydes is 1. The van der Waals surface area contributed by atoms with Gasteiger partial charge < -0.3 is 14.3 Å². The van der Waals surface area contributed by atoms with E-state index >= 15 is 0 Å². The molecule has 0 aromatic carbocycles. The Morgan fingerprint density at radius 3 is 2.40 bits per heavy atom. The first kappa shape index (κ1) is 18.3. The number of aliphatic hydroxyl groups is 1. The molecular formula is C26H50O3Si. The van der Waals surface area contributed by atoms with Crippen molar-refractivity contribution in [1.82, 2.24) is 0 Å². The zero-order chi connectivity index (χ0) is 28.0. The number of fused-ring (bicyclic) bond motifs is 1. The summed E-state index contributed by atoms with van der Waals surface area (Å²) in [5.41, 5.74) is -3.14. The fourth-order valence-electron chi connectivity index (χ4n) is 6.32. The highest BCUT2D eigenvalue weighted by Crippen LogP contribution is 2.63. The maximum absolute atomic E-state index is 11.8. The van der Waals surface area contributed by atoms with E-state index in [4.69, 9.17) is 12.7 Å². The summed E-state index contributed by atoms with van der Waals surface area (Å²) in [4.78, 5) is 11.8. The van der Waals surface area contributed by atoms with Crippen molar-refractivity contribution >= 4 is 14.6 Å². The number of hydrogen-bond donors (Lipinski definition) is 1. The van der Waals surface area contributed by atoms with Crippen LogP contribution in [0.1, 0.15) is 114 Å². The Kier molecular flexibility index (Phi) is 5.46. The lowest BCUT2D eigenvalue weighted by atomic mass is 9.56. The van der Waals surface area contributed by atoms with Gasteiger partial charge >= 0.3 is 0 Å². The van der Waals surface area contributed by atoms with Crippen LogP contribution in [0.5, 0.6) is 0 Å². The van der Waals surface area contributed by atoms with Crippen LogP contribution in [0, 0.1) is 22.7 Å². The third-order valence-corrected chi connectivity index (χ3v) is 13.5. The Morgan fingerprint density at radius 2 is 1.83 bits per heavy atom. The van der Waals surface area contributed by atoms with Gasteiger partial charge in [0.25, 0.3) is 0 Å². The normalized spacial score (nSPS) is 36.3. The van der Waals surface area contributed by atoms with Crippen LogP contribution in [0.15, 0.2) is 0 Å². The second kappa shape index (κ2) is 8.98. The van der Waals surface area contributed by atoms with Crippen LogP contribution in [0.25, 0.3) is 0 Å². The number of carbonyl (C=O) groups is 1. The molecule has 0 unspecified atom stereocenters. The van der Waals surface area contributed by atoms with E-state index in [1.807, 2.05) is 0 Å². The van der Waals surface area contributed by atoms with Crippen LogP contribution in [-0.4, -0.2) is 31.4 Å². The molecule has 176 valence electrons. The number of hydrogen-bond acceptors (Lipinski definition) is 3. The molecule has 0 radical (unpaired) electrons. The lowest BCUT2D eigenvalue weighted by molar-refractivity contribution is -0.112. The minimum atomic E-state index is -3.01. The minimum absolute atomic E-state index is 0.00734. The van der Waals surface area contributed by atoms with Crippen LogP contribution < -0.4 is 0 Å². The van der Waals surface area contributed by atoms with Gasteiger partial charge in [0.1, 0.15) is 6.29 Å². The monoisotopic (exact) mass is 444 g/mol. The smallest absolute Gasteiger partial charge is 0.192 e. The number of rotatable bonds is 9. The Balaban J connectivity index is 2.27. The van der Waals surface area contributed by atoms with E-state index in [0.29, 0.717) is 18.8 Å². The largest absolute Gasteiger partial charge is 0.414 e. The van der Waals surface area contributed by atoms with Gasteiger partial charge in [0.15, 0.2) is 8.32 Å². The van der Waals surface area contributed by atoms with Crippen LogP contribution in [-0.2, 0) is 9.22 Å². The Hall–Kier alpha value is -0.193. The molecular weight excluding hydrogens is 388 g/mol. The fourth-order valence-corrected chi connectivity index (χ4v) is 7.71. The van der Waals surface area contributed by atoms with Crippen molar-refractivity contribution in [2.24, 2.45) is 22.7 Å². The molecule has 3 nitrogen and oxygen atoms in total. The summed E-state index contributed by atoms with van der Waals surface area (Å²) in [5, 5.41) is 10.8. The lowest BCUT2D eigenvalue weighted by Crippen LogP contribution is -2.51. The zero-order valence-electron chi connectivity index (χ0n) is 26.4. The lowest BCUT2D eigenvalue weighted by Gasteiger charge is -2.52. The van der Waals surface area contributed by atoms with Gasteiger partial charge in [-0.15, -0.1) is 0 Å². The van der Waals surface area contributed by atoms with Gasteiger partial charge in [-0.25, -0.2) is 0 Å². The second-order valence-electron chi connectivity index (χ2n) is 12.3. The molecule has 1 N–H and O–H groups in total. The first-order chi connectivity index (χ1) is 16.1. The van der Waals surface area contributed by atoms with Crippen molar-refractivity contribution in [3.05, 3.63) is 0 Å². The van der Waals surface area contributed by atoms with Gasteiger partial charge in [-0.2, -0.15) is 0 Å². The summed E-state index contributed by atoms with van der Waals surface area (Å²) in [7, 11) is -1.94. The molecule has 2 fully saturated rings. The quantitative estimate of drug-likeness (QED) is 0.304. The van der Waals surface area contributed by atoms with Crippen LogP contribution in [0.3, 0.4) is 0 Å². The van der Waals surface area contributed by atoms with Crippen molar-refractivity contribution in [1.29, 1.82) is 0 Å². The highest BCUT2D eigenvalue weighted by molar-refractivity contribution is 6.74. The highest BCUT2D eigenvalue weighted by Gasteiger charge is 2.57. The Bertz CT molecular complexity index is 761. The van der Waals surface area contributed by atoms with E-state index in [-0.39, 0.29) is 35.3 Å².